The van der Waals surface area contributed by atoms with Crippen LogP contribution in [0.3, 0.4) is 0 Å². The number of nitrogens with two attached hydrogens (primary N) is 1. The number of carbonyl (C=O) groups excluding carboxylic acids is 1. The first-order valence-corrected chi connectivity index (χ1v) is 7.85. The molecule has 1 atom stereocenters. The Labute approximate surface area is 126 Å². The van der Waals surface area contributed by atoms with Crippen molar-refractivity contribution in [2.75, 3.05) is 31.5 Å². The molecule has 2 heterocycles. The van der Waals surface area contributed by atoms with E-state index < -0.39 is 0 Å². The normalized spacial score (nSPS) is 22.7. The molecule has 5 nitrogen and oxygen atoms in total. The highest BCUT2D eigenvalue weighted by Crippen LogP contribution is 2.21. The van der Waals surface area contributed by atoms with Gasteiger partial charge in [-0.15, -0.1) is 0 Å². The van der Waals surface area contributed by atoms with Gasteiger partial charge in [0.05, 0.1) is 0 Å². The van der Waals surface area contributed by atoms with Gasteiger partial charge in [-0.25, -0.2) is 4.79 Å². The molecule has 2 fully saturated rings. The Bertz CT molecular complexity index is 488. The van der Waals surface area contributed by atoms with Crippen LogP contribution in [-0.2, 0) is 6.54 Å². The second kappa shape index (κ2) is 6.45. The molecule has 5 heteroatoms. The van der Waals surface area contributed by atoms with Crippen LogP contribution in [0.2, 0.25) is 0 Å². The van der Waals surface area contributed by atoms with Gasteiger partial charge in [0, 0.05) is 37.9 Å². The number of fused-ring (bicyclic) bond motifs is 1. The molecule has 21 heavy (non-hydrogen) atoms. The first kappa shape index (κ1) is 14.4. The van der Waals surface area contributed by atoms with Crippen LogP contribution in [0.25, 0.3) is 0 Å². The molecule has 0 spiro atoms. The molecule has 2 amide bonds. The number of urea groups is 1. The number of rotatable bonds is 2. The second-order valence-electron chi connectivity index (χ2n) is 5.96. The average molecular weight is 288 g/mol. The van der Waals surface area contributed by atoms with Gasteiger partial charge >= 0.3 is 6.03 Å². The summed E-state index contributed by atoms with van der Waals surface area (Å²) in [5.74, 6) is 0. The minimum Gasteiger partial charge on any atom is -0.326 e. The quantitative estimate of drug-likeness (QED) is 0.873. The first-order valence-electron chi connectivity index (χ1n) is 7.85. The van der Waals surface area contributed by atoms with E-state index in [1.807, 2.05) is 29.2 Å². The number of piperidine rings is 1. The molecule has 0 bridgehead atoms. The van der Waals surface area contributed by atoms with Gasteiger partial charge in [0.1, 0.15) is 0 Å². The standard InChI is InChI=1S/C16H24N4O/c17-11-13-4-6-14(7-5-13)18-16(21)20-10-9-19-8-2-1-3-15(19)12-20/h4-7,15H,1-3,8-12,17H2,(H,18,21). The van der Waals surface area contributed by atoms with Gasteiger partial charge in [0.25, 0.3) is 0 Å². The predicted octanol–water partition coefficient (Wildman–Crippen LogP) is 1.85. The molecule has 114 valence electrons. The summed E-state index contributed by atoms with van der Waals surface area (Å²) in [5, 5.41) is 2.99. The summed E-state index contributed by atoms with van der Waals surface area (Å²) in [6, 6.07) is 8.30. The summed E-state index contributed by atoms with van der Waals surface area (Å²) in [7, 11) is 0. The van der Waals surface area contributed by atoms with Crippen molar-refractivity contribution in [1.82, 2.24) is 9.80 Å². The zero-order valence-corrected chi connectivity index (χ0v) is 12.4. The molecular formula is C16H24N4O. The largest absolute Gasteiger partial charge is 0.326 e. The van der Waals surface area contributed by atoms with E-state index in [2.05, 4.69) is 10.2 Å². The highest BCUT2D eigenvalue weighted by molar-refractivity contribution is 5.89. The van der Waals surface area contributed by atoms with E-state index in [1.165, 1.54) is 25.8 Å². The molecule has 3 N–H and O–H groups in total. The van der Waals surface area contributed by atoms with E-state index in [1.54, 1.807) is 0 Å². The lowest BCUT2D eigenvalue weighted by Gasteiger charge is -2.43. The van der Waals surface area contributed by atoms with Crippen molar-refractivity contribution in [3.05, 3.63) is 29.8 Å². The summed E-state index contributed by atoms with van der Waals surface area (Å²) in [4.78, 5) is 16.8. The minimum atomic E-state index is 0.0146. The topological polar surface area (TPSA) is 61.6 Å². The van der Waals surface area contributed by atoms with Crippen LogP contribution in [0.4, 0.5) is 10.5 Å². The Kier molecular flexibility index (Phi) is 4.41. The molecular weight excluding hydrogens is 264 g/mol. The summed E-state index contributed by atoms with van der Waals surface area (Å²) in [6.07, 6.45) is 3.81. The average Bonchev–Trinajstić information content (AvgIpc) is 2.55. The van der Waals surface area contributed by atoms with Crippen molar-refractivity contribution in [3.63, 3.8) is 0 Å². The van der Waals surface area contributed by atoms with E-state index in [0.717, 1.165) is 30.9 Å². The van der Waals surface area contributed by atoms with Crippen LogP contribution in [0.1, 0.15) is 24.8 Å². The van der Waals surface area contributed by atoms with E-state index in [0.29, 0.717) is 12.6 Å². The molecule has 2 saturated heterocycles. The highest BCUT2D eigenvalue weighted by atomic mass is 16.2. The number of carbonyl (C=O) groups is 1. The Balaban J connectivity index is 1.57. The Morgan fingerprint density at radius 3 is 2.76 bits per heavy atom. The van der Waals surface area contributed by atoms with Crippen LogP contribution in [0.5, 0.6) is 0 Å². The van der Waals surface area contributed by atoms with Crippen LogP contribution >= 0.6 is 0 Å². The van der Waals surface area contributed by atoms with Crippen LogP contribution in [0.15, 0.2) is 24.3 Å². The summed E-state index contributed by atoms with van der Waals surface area (Å²) < 4.78 is 0. The second-order valence-corrected chi connectivity index (χ2v) is 5.96. The zero-order chi connectivity index (χ0) is 14.7. The van der Waals surface area contributed by atoms with E-state index in [9.17, 15) is 4.79 Å². The smallest absolute Gasteiger partial charge is 0.321 e. The third-order valence-electron chi connectivity index (χ3n) is 4.57. The lowest BCUT2D eigenvalue weighted by atomic mass is 10.00. The SMILES string of the molecule is NCc1ccc(NC(=O)N2CCN3CCCCC3C2)cc1. The lowest BCUT2D eigenvalue weighted by molar-refractivity contribution is 0.0678. The van der Waals surface area contributed by atoms with Gasteiger partial charge in [-0.1, -0.05) is 18.6 Å². The van der Waals surface area contributed by atoms with Crippen molar-refractivity contribution >= 4 is 11.7 Å². The summed E-state index contributed by atoms with van der Waals surface area (Å²) >= 11 is 0. The fourth-order valence-electron chi connectivity index (χ4n) is 3.27. The monoisotopic (exact) mass is 288 g/mol. The van der Waals surface area contributed by atoms with E-state index in [4.69, 9.17) is 5.73 Å². The van der Waals surface area contributed by atoms with Crippen LogP contribution < -0.4 is 11.1 Å². The number of piperazine rings is 1. The Hall–Kier alpha value is -1.59. The van der Waals surface area contributed by atoms with Gasteiger partial charge in [-0.05, 0) is 37.1 Å². The molecule has 2 aliphatic rings. The molecule has 2 aliphatic heterocycles. The maximum absolute atomic E-state index is 12.4. The fraction of sp³-hybridized carbons (Fsp3) is 0.562. The summed E-state index contributed by atoms with van der Waals surface area (Å²) in [5.41, 5.74) is 7.49. The molecule has 1 aromatic carbocycles. The number of hydrogen-bond donors (Lipinski definition) is 2. The van der Waals surface area contributed by atoms with E-state index >= 15 is 0 Å². The predicted molar refractivity (Wildman–Crippen MR) is 84.1 cm³/mol. The molecule has 0 radical (unpaired) electrons. The Morgan fingerprint density at radius 2 is 2.00 bits per heavy atom. The summed E-state index contributed by atoms with van der Waals surface area (Å²) in [6.45, 7) is 4.40. The number of amides is 2. The van der Waals surface area contributed by atoms with Gasteiger partial charge in [-0.3, -0.25) is 4.90 Å². The van der Waals surface area contributed by atoms with Gasteiger partial charge in [0.2, 0.25) is 0 Å². The Morgan fingerprint density at radius 1 is 1.19 bits per heavy atom. The first-order chi connectivity index (χ1) is 10.3. The minimum absolute atomic E-state index is 0.0146. The number of nitrogens with zero attached hydrogens (tertiary/aromatic N) is 2. The molecule has 1 aromatic rings. The number of anilines is 1. The van der Waals surface area contributed by atoms with Crippen molar-refractivity contribution in [2.45, 2.75) is 31.8 Å². The van der Waals surface area contributed by atoms with Crippen LogP contribution in [-0.4, -0.2) is 48.1 Å². The third-order valence-corrected chi connectivity index (χ3v) is 4.57. The maximum Gasteiger partial charge on any atom is 0.321 e. The van der Waals surface area contributed by atoms with Crippen molar-refractivity contribution in [2.24, 2.45) is 5.73 Å². The fourth-order valence-corrected chi connectivity index (χ4v) is 3.27. The molecule has 0 aromatic heterocycles. The van der Waals surface area contributed by atoms with Crippen molar-refractivity contribution < 1.29 is 4.79 Å². The van der Waals surface area contributed by atoms with E-state index in [-0.39, 0.29) is 6.03 Å². The van der Waals surface area contributed by atoms with Gasteiger partial charge in [-0.2, -0.15) is 0 Å². The van der Waals surface area contributed by atoms with Crippen LogP contribution in [0, 0.1) is 0 Å². The van der Waals surface area contributed by atoms with Crippen molar-refractivity contribution in [1.29, 1.82) is 0 Å². The lowest BCUT2D eigenvalue weighted by Crippen LogP contribution is -2.56. The zero-order valence-electron chi connectivity index (χ0n) is 12.4. The third kappa shape index (κ3) is 3.36. The number of nitrogens with one attached hydrogen (secondary N) is 1. The number of benzene rings is 1. The molecule has 0 aliphatic carbocycles. The highest BCUT2D eigenvalue weighted by Gasteiger charge is 2.30. The van der Waals surface area contributed by atoms with Gasteiger partial charge < -0.3 is 16.0 Å². The maximum atomic E-state index is 12.4. The van der Waals surface area contributed by atoms with Crippen molar-refractivity contribution in [3.8, 4) is 0 Å². The molecule has 0 saturated carbocycles. The molecule has 1 unspecified atom stereocenters. The number of hydrogen-bond acceptors (Lipinski definition) is 3. The van der Waals surface area contributed by atoms with Gasteiger partial charge in [0.15, 0.2) is 0 Å². The molecule has 3 rings (SSSR count).